The van der Waals surface area contributed by atoms with E-state index in [1.807, 2.05) is 0 Å². The highest BCUT2D eigenvalue weighted by molar-refractivity contribution is 5.98. The van der Waals surface area contributed by atoms with Crippen molar-refractivity contribution in [2.45, 2.75) is 34.6 Å². The van der Waals surface area contributed by atoms with E-state index in [9.17, 15) is 4.79 Å². The van der Waals surface area contributed by atoms with E-state index in [1.165, 1.54) is 0 Å². The second-order valence-corrected chi connectivity index (χ2v) is 6.02. The van der Waals surface area contributed by atoms with Crippen molar-refractivity contribution in [2.75, 3.05) is 24.2 Å². The van der Waals surface area contributed by atoms with Crippen molar-refractivity contribution in [1.29, 1.82) is 0 Å². The number of nitrogens with two attached hydrogens (primary N) is 1. The number of carbonyl (C=O) groups excluding carboxylic acids is 1. The maximum Gasteiger partial charge on any atom is 0.340 e. The Morgan fingerprint density at radius 1 is 1.24 bits per heavy atom. The van der Waals surface area contributed by atoms with Gasteiger partial charge in [-0.15, -0.1) is 0 Å². The van der Waals surface area contributed by atoms with Crippen LogP contribution in [0.5, 0.6) is 0 Å². The molecule has 0 heterocycles. The molecule has 0 atom stereocenters. The monoisotopic (exact) mass is 292 g/mol. The molecule has 0 spiro atoms. The number of anilines is 2. The molecule has 0 aromatic heterocycles. The van der Waals surface area contributed by atoms with Crippen molar-refractivity contribution in [3.8, 4) is 0 Å². The molecule has 1 rings (SSSR count). The van der Waals surface area contributed by atoms with Crippen LogP contribution in [0.3, 0.4) is 0 Å². The van der Waals surface area contributed by atoms with E-state index in [2.05, 4.69) is 33.0 Å². The summed E-state index contributed by atoms with van der Waals surface area (Å²) in [4.78, 5) is 12.0. The molecular weight excluding hydrogens is 264 g/mol. The number of hydrogen-bond donors (Lipinski definition) is 2. The minimum Gasteiger partial charge on any atom is -0.462 e. The Hall–Kier alpha value is -1.71. The fraction of sp³-hybridized carbons (Fsp3) is 0.588. The van der Waals surface area contributed by atoms with Crippen molar-refractivity contribution < 1.29 is 9.53 Å². The molecule has 0 aliphatic heterocycles. The van der Waals surface area contributed by atoms with Crippen LogP contribution in [-0.4, -0.2) is 19.1 Å². The first-order valence-corrected chi connectivity index (χ1v) is 7.67. The Labute approximate surface area is 128 Å². The lowest BCUT2D eigenvalue weighted by molar-refractivity contribution is 0.0527. The second kappa shape index (κ2) is 7.91. The third kappa shape index (κ3) is 4.66. The lowest BCUT2D eigenvalue weighted by atomic mass is 9.85. The van der Waals surface area contributed by atoms with Gasteiger partial charge in [0.15, 0.2) is 0 Å². The van der Waals surface area contributed by atoms with Crippen molar-refractivity contribution >= 4 is 17.3 Å². The molecule has 0 amide bonds. The molecule has 3 N–H and O–H groups in total. The predicted octanol–water partition coefficient (Wildman–Crippen LogP) is 3.79. The topological polar surface area (TPSA) is 64.3 Å². The number of esters is 1. The van der Waals surface area contributed by atoms with Gasteiger partial charge in [-0.3, -0.25) is 0 Å². The molecule has 0 aliphatic rings. The summed E-state index contributed by atoms with van der Waals surface area (Å²) in [5.74, 6) is 1.31. The summed E-state index contributed by atoms with van der Waals surface area (Å²) in [6, 6.07) is 5.32. The van der Waals surface area contributed by atoms with Gasteiger partial charge in [0.1, 0.15) is 0 Å². The largest absolute Gasteiger partial charge is 0.462 e. The molecular formula is C17H28N2O2. The highest BCUT2D eigenvalue weighted by Crippen LogP contribution is 2.27. The maximum atomic E-state index is 12.0. The van der Waals surface area contributed by atoms with Gasteiger partial charge < -0.3 is 15.8 Å². The van der Waals surface area contributed by atoms with Crippen molar-refractivity contribution in [3.63, 3.8) is 0 Å². The van der Waals surface area contributed by atoms with E-state index in [4.69, 9.17) is 10.5 Å². The predicted molar refractivity (Wildman–Crippen MR) is 88.5 cm³/mol. The van der Waals surface area contributed by atoms with E-state index in [0.29, 0.717) is 41.3 Å². The number of para-hydroxylation sites is 1. The zero-order valence-corrected chi connectivity index (χ0v) is 13.8. The average Bonchev–Trinajstić information content (AvgIpc) is 2.39. The molecule has 4 nitrogen and oxygen atoms in total. The molecule has 0 bridgehead atoms. The summed E-state index contributed by atoms with van der Waals surface area (Å²) in [6.07, 6.45) is 0. The third-order valence-corrected chi connectivity index (χ3v) is 3.82. The number of nitrogens with one attached hydrogen (secondary N) is 1. The number of nitrogen functional groups attached to an aromatic ring is 1. The minimum atomic E-state index is -0.335. The first-order chi connectivity index (χ1) is 9.88. The quantitative estimate of drug-likeness (QED) is 0.593. The summed E-state index contributed by atoms with van der Waals surface area (Å²) in [5, 5.41) is 3.36. The van der Waals surface area contributed by atoms with Crippen LogP contribution in [0, 0.1) is 17.8 Å². The lowest BCUT2D eigenvalue weighted by Gasteiger charge is -2.26. The highest BCUT2D eigenvalue weighted by Gasteiger charge is 2.20. The van der Waals surface area contributed by atoms with Gasteiger partial charge in [0.25, 0.3) is 0 Å². The van der Waals surface area contributed by atoms with Crippen LogP contribution in [0.4, 0.5) is 11.4 Å². The van der Waals surface area contributed by atoms with Gasteiger partial charge in [0.05, 0.1) is 23.5 Å². The van der Waals surface area contributed by atoms with Crippen LogP contribution < -0.4 is 11.1 Å². The van der Waals surface area contributed by atoms with Crippen LogP contribution in [0.25, 0.3) is 0 Å². The molecule has 1 aromatic carbocycles. The molecule has 0 radical (unpaired) electrons. The van der Waals surface area contributed by atoms with Gasteiger partial charge in [-0.2, -0.15) is 0 Å². The summed E-state index contributed by atoms with van der Waals surface area (Å²) in [5.41, 5.74) is 7.78. The second-order valence-electron chi connectivity index (χ2n) is 6.02. The van der Waals surface area contributed by atoms with Gasteiger partial charge in [-0.1, -0.05) is 33.8 Å². The first-order valence-electron chi connectivity index (χ1n) is 7.67. The summed E-state index contributed by atoms with van der Waals surface area (Å²) < 4.78 is 5.09. The van der Waals surface area contributed by atoms with E-state index in [-0.39, 0.29) is 5.97 Å². The molecule has 0 saturated carbocycles. The summed E-state index contributed by atoms with van der Waals surface area (Å²) >= 11 is 0. The zero-order valence-electron chi connectivity index (χ0n) is 13.8. The SMILES string of the molecule is CCOC(=O)c1cccc(N)c1NCC(C(C)C)C(C)C. The van der Waals surface area contributed by atoms with Gasteiger partial charge in [-0.05, 0) is 36.8 Å². The molecule has 0 unspecified atom stereocenters. The molecule has 118 valence electrons. The van der Waals surface area contributed by atoms with Gasteiger partial charge in [0.2, 0.25) is 0 Å². The van der Waals surface area contributed by atoms with E-state index in [0.717, 1.165) is 6.54 Å². The Morgan fingerprint density at radius 2 is 1.86 bits per heavy atom. The summed E-state index contributed by atoms with van der Waals surface area (Å²) in [7, 11) is 0. The maximum absolute atomic E-state index is 12.0. The molecule has 21 heavy (non-hydrogen) atoms. The Kier molecular flexibility index (Phi) is 6.53. The van der Waals surface area contributed by atoms with E-state index < -0.39 is 0 Å². The van der Waals surface area contributed by atoms with Crippen molar-refractivity contribution in [3.05, 3.63) is 23.8 Å². The molecule has 0 aliphatic carbocycles. The van der Waals surface area contributed by atoms with E-state index in [1.54, 1.807) is 25.1 Å². The van der Waals surface area contributed by atoms with Gasteiger partial charge in [0, 0.05) is 6.54 Å². The van der Waals surface area contributed by atoms with Crippen LogP contribution in [0.15, 0.2) is 18.2 Å². The van der Waals surface area contributed by atoms with Gasteiger partial charge >= 0.3 is 5.97 Å². The fourth-order valence-corrected chi connectivity index (χ4v) is 2.61. The zero-order chi connectivity index (χ0) is 16.0. The lowest BCUT2D eigenvalue weighted by Crippen LogP contribution is -2.25. The number of carbonyl (C=O) groups is 1. The third-order valence-electron chi connectivity index (χ3n) is 3.82. The standard InChI is InChI=1S/C17H28N2O2/c1-6-21-17(20)13-8-7-9-15(18)16(13)19-10-14(11(2)3)12(4)5/h7-9,11-12,14,19H,6,10,18H2,1-5H3. The Morgan fingerprint density at radius 3 is 2.38 bits per heavy atom. The number of ether oxygens (including phenoxy) is 1. The number of hydrogen-bond acceptors (Lipinski definition) is 4. The molecule has 1 aromatic rings. The van der Waals surface area contributed by atoms with Crippen molar-refractivity contribution in [2.24, 2.45) is 17.8 Å². The van der Waals surface area contributed by atoms with Crippen LogP contribution >= 0.6 is 0 Å². The highest BCUT2D eigenvalue weighted by atomic mass is 16.5. The normalized spacial score (nSPS) is 11.2. The number of benzene rings is 1. The molecule has 4 heteroatoms. The molecule has 0 fully saturated rings. The van der Waals surface area contributed by atoms with Gasteiger partial charge in [-0.25, -0.2) is 4.79 Å². The smallest absolute Gasteiger partial charge is 0.340 e. The minimum absolute atomic E-state index is 0.335. The van der Waals surface area contributed by atoms with Crippen molar-refractivity contribution in [1.82, 2.24) is 0 Å². The Bertz CT molecular complexity index is 462. The van der Waals surface area contributed by atoms with E-state index >= 15 is 0 Å². The number of rotatable bonds is 7. The average molecular weight is 292 g/mol. The first kappa shape index (κ1) is 17.3. The van der Waals surface area contributed by atoms with Crippen LogP contribution in [0.1, 0.15) is 45.0 Å². The fourth-order valence-electron chi connectivity index (χ4n) is 2.61. The van der Waals surface area contributed by atoms with Crippen LogP contribution in [-0.2, 0) is 4.74 Å². The van der Waals surface area contributed by atoms with Crippen LogP contribution in [0.2, 0.25) is 0 Å². The molecule has 0 saturated heterocycles. The Balaban J connectivity index is 2.94. The summed E-state index contributed by atoms with van der Waals surface area (Å²) in [6.45, 7) is 11.8.